The molecule has 0 saturated carbocycles. The minimum Gasteiger partial charge on any atom is -0.489 e. The molecule has 1 aliphatic heterocycles. The number of rotatable bonds is 3. The van der Waals surface area contributed by atoms with Gasteiger partial charge in [-0.1, -0.05) is 0 Å². The maximum atomic E-state index is 12.7. The molecular formula is C19H19N3O2. The summed E-state index contributed by atoms with van der Waals surface area (Å²) < 4.78 is 5.93. The highest BCUT2D eigenvalue weighted by Gasteiger charge is 2.24. The van der Waals surface area contributed by atoms with Crippen LogP contribution in [0.3, 0.4) is 0 Å². The number of pyridine rings is 1. The Morgan fingerprint density at radius 2 is 2.08 bits per heavy atom. The summed E-state index contributed by atoms with van der Waals surface area (Å²) in [5.74, 6) is 0.887. The SMILES string of the molecule is O=C(c1ccc2[nH]ccc2c1)N1CCC(Oc2cccnc2)CC1. The molecule has 3 heterocycles. The highest BCUT2D eigenvalue weighted by atomic mass is 16.5. The third kappa shape index (κ3) is 2.97. The summed E-state index contributed by atoms with van der Waals surface area (Å²) in [7, 11) is 0. The highest BCUT2D eigenvalue weighted by Crippen LogP contribution is 2.21. The third-order valence-electron chi connectivity index (χ3n) is 4.47. The number of likely N-dealkylation sites (tertiary alicyclic amines) is 1. The second kappa shape index (κ2) is 6.35. The molecule has 1 N–H and O–H groups in total. The van der Waals surface area contributed by atoms with Gasteiger partial charge in [-0.15, -0.1) is 0 Å². The van der Waals surface area contributed by atoms with E-state index in [4.69, 9.17) is 4.74 Å². The molecule has 1 aliphatic rings. The second-order valence-corrected chi connectivity index (χ2v) is 6.08. The van der Waals surface area contributed by atoms with Crippen molar-refractivity contribution < 1.29 is 9.53 Å². The van der Waals surface area contributed by atoms with Gasteiger partial charge in [0.2, 0.25) is 0 Å². The lowest BCUT2D eigenvalue weighted by molar-refractivity contribution is 0.0595. The summed E-state index contributed by atoms with van der Waals surface area (Å²) in [5.41, 5.74) is 1.80. The first kappa shape index (κ1) is 14.8. The number of aromatic amines is 1. The monoisotopic (exact) mass is 321 g/mol. The van der Waals surface area contributed by atoms with Gasteiger partial charge in [-0.05, 0) is 36.4 Å². The van der Waals surface area contributed by atoms with Crippen LogP contribution in [0.1, 0.15) is 23.2 Å². The average molecular weight is 321 g/mol. The Morgan fingerprint density at radius 1 is 1.21 bits per heavy atom. The number of hydrogen-bond donors (Lipinski definition) is 1. The maximum Gasteiger partial charge on any atom is 0.253 e. The molecule has 0 spiro atoms. The van der Waals surface area contributed by atoms with E-state index in [2.05, 4.69) is 9.97 Å². The molecule has 0 radical (unpaired) electrons. The number of carbonyl (C=O) groups excluding carboxylic acids is 1. The lowest BCUT2D eigenvalue weighted by atomic mass is 10.1. The maximum absolute atomic E-state index is 12.7. The standard InChI is InChI=1S/C19H19N3O2/c23-19(15-3-4-18-14(12-15)5-9-21-18)22-10-6-16(7-11-22)24-17-2-1-8-20-13-17/h1-5,8-9,12-13,16,21H,6-7,10-11H2. The van der Waals surface area contributed by atoms with Crippen LogP contribution < -0.4 is 4.74 Å². The Bertz CT molecular complexity index is 836. The Hall–Kier alpha value is -2.82. The van der Waals surface area contributed by atoms with Crippen LogP contribution in [0.15, 0.2) is 55.0 Å². The normalized spacial score (nSPS) is 15.6. The zero-order valence-corrected chi connectivity index (χ0v) is 13.3. The number of ether oxygens (including phenoxy) is 1. The van der Waals surface area contributed by atoms with Gasteiger partial charge in [0, 0.05) is 54.8 Å². The van der Waals surface area contributed by atoms with Crippen molar-refractivity contribution in [2.75, 3.05) is 13.1 Å². The number of benzene rings is 1. The lowest BCUT2D eigenvalue weighted by Gasteiger charge is -2.32. The van der Waals surface area contributed by atoms with Crippen LogP contribution in [-0.2, 0) is 0 Å². The average Bonchev–Trinajstić information content (AvgIpc) is 3.10. The first-order chi connectivity index (χ1) is 11.8. The number of amides is 1. The number of aromatic nitrogens is 2. The van der Waals surface area contributed by atoms with E-state index < -0.39 is 0 Å². The smallest absolute Gasteiger partial charge is 0.253 e. The predicted octanol–water partition coefficient (Wildman–Crippen LogP) is 3.25. The van der Waals surface area contributed by atoms with E-state index in [1.165, 1.54) is 0 Å². The number of piperidine rings is 1. The van der Waals surface area contributed by atoms with Gasteiger partial charge in [-0.3, -0.25) is 9.78 Å². The van der Waals surface area contributed by atoms with Crippen molar-refractivity contribution in [2.45, 2.75) is 18.9 Å². The third-order valence-corrected chi connectivity index (χ3v) is 4.47. The molecule has 5 heteroatoms. The summed E-state index contributed by atoms with van der Waals surface area (Å²) in [6.07, 6.45) is 7.17. The van der Waals surface area contributed by atoms with Gasteiger partial charge in [0.05, 0.1) is 6.20 Å². The Balaban J connectivity index is 1.39. The van der Waals surface area contributed by atoms with Gasteiger partial charge in [-0.2, -0.15) is 0 Å². The first-order valence-electron chi connectivity index (χ1n) is 8.23. The van der Waals surface area contributed by atoms with E-state index in [1.54, 1.807) is 12.4 Å². The van der Waals surface area contributed by atoms with Crippen LogP contribution >= 0.6 is 0 Å². The van der Waals surface area contributed by atoms with Crippen molar-refractivity contribution in [2.24, 2.45) is 0 Å². The minimum atomic E-state index is 0.0953. The summed E-state index contributed by atoms with van der Waals surface area (Å²) >= 11 is 0. The summed E-state index contributed by atoms with van der Waals surface area (Å²) in [4.78, 5) is 21.8. The van der Waals surface area contributed by atoms with Crippen molar-refractivity contribution in [1.29, 1.82) is 0 Å². The van der Waals surface area contributed by atoms with Crippen LogP contribution in [0, 0.1) is 0 Å². The molecule has 0 bridgehead atoms. The zero-order valence-electron chi connectivity index (χ0n) is 13.3. The molecule has 1 amide bonds. The number of H-pyrrole nitrogens is 1. The second-order valence-electron chi connectivity index (χ2n) is 6.08. The topological polar surface area (TPSA) is 58.2 Å². The number of nitrogens with one attached hydrogen (secondary N) is 1. The van der Waals surface area contributed by atoms with E-state index in [-0.39, 0.29) is 12.0 Å². The van der Waals surface area contributed by atoms with Gasteiger partial charge in [0.15, 0.2) is 0 Å². The molecule has 0 aliphatic carbocycles. The molecule has 1 aromatic carbocycles. The van der Waals surface area contributed by atoms with Crippen molar-refractivity contribution in [3.8, 4) is 5.75 Å². The number of carbonyl (C=O) groups is 1. The molecule has 0 unspecified atom stereocenters. The van der Waals surface area contributed by atoms with Gasteiger partial charge < -0.3 is 14.6 Å². The first-order valence-corrected chi connectivity index (χ1v) is 8.23. The van der Waals surface area contributed by atoms with Gasteiger partial charge in [0.1, 0.15) is 11.9 Å². The summed E-state index contributed by atoms with van der Waals surface area (Å²) in [5, 5.41) is 1.07. The highest BCUT2D eigenvalue weighted by molar-refractivity contribution is 5.98. The van der Waals surface area contributed by atoms with Crippen LogP contribution in [0.4, 0.5) is 0 Å². The largest absolute Gasteiger partial charge is 0.489 e. The molecule has 5 nitrogen and oxygen atoms in total. The summed E-state index contributed by atoms with van der Waals surface area (Å²) in [6, 6.07) is 11.6. The minimum absolute atomic E-state index is 0.0953. The van der Waals surface area contributed by atoms with E-state index >= 15 is 0 Å². The summed E-state index contributed by atoms with van der Waals surface area (Å²) in [6.45, 7) is 1.43. The van der Waals surface area contributed by atoms with E-state index in [1.807, 2.05) is 47.5 Å². The Morgan fingerprint density at radius 3 is 2.88 bits per heavy atom. The van der Waals surface area contributed by atoms with Crippen LogP contribution in [0.25, 0.3) is 10.9 Å². The molecular weight excluding hydrogens is 302 g/mol. The van der Waals surface area contributed by atoms with Crippen molar-refractivity contribution in [3.63, 3.8) is 0 Å². The fourth-order valence-electron chi connectivity index (χ4n) is 3.15. The number of fused-ring (bicyclic) bond motifs is 1. The van der Waals surface area contributed by atoms with Gasteiger partial charge in [-0.25, -0.2) is 0 Å². The van der Waals surface area contributed by atoms with E-state index in [0.29, 0.717) is 0 Å². The van der Waals surface area contributed by atoms with Crippen LogP contribution in [0.2, 0.25) is 0 Å². The number of hydrogen-bond acceptors (Lipinski definition) is 3. The van der Waals surface area contributed by atoms with Crippen molar-refractivity contribution >= 4 is 16.8 Å². The van der Waals surface area contributed by atoms with Crippen LogP contribution in [0.5, 0.6) is 5.75 Å². The van der Waals surface area contributed by atoms with E-state index in [9.17, 15) is 4.79 Å². The number of nitrogens with zero attached hydrogens (tertiary/aromatic N) is 2. The predicted molar refractivity (Wildman–Crippen MR) is 92.1 cm³/mol. The zero-order chi connectivity index (χ0) is 16.4. The molecule has 4 rings (SSSR count). The molecule has 3 aromatic rings. The van der Waals surface area contributed by atoms with Crippen molar-refractivity contribution in [3.05, 3.63) is 60.6 Å². The molecule has 0 atom stereocenters. The molecule has 1 saturated heterocycles. The fraction of sp³-hybridized carbons (Fsp3) is 0.263. The fourth-order valence-corrected chi connectivity index (χ4v) is 3.15. The Kier molecular flexibility index (Phi) is 3.91. The lowest BCUT2D eigenvalue weighted by Crippen LogP contribution is -2.41. The van der Waals surface area contributed by atoms with E-state index in [0.717, 1.165) is 48.1 Å². The van der Waals surface area contributed by atoms with Gasteiger partial charge in [0.25, 0.3) is 5.91 Å². The van der Waals surface area contributed by atoms with Gasteiger partial charge >= 0.3 is 0 Å². The van der Waals surface area contributed by atoms with Crippen molar-refractivity contribution in [1.82, 2.24) is 14.9 Å². The molecule has 2 aromatic heterocycles. The quantitative estimate of drug-likeness (QED) is 0.805. The van der Waals surface area contributed by atoms with Crippen LogP contribution in [-0.4, -0.2) is 40.0 Å². The molecule has 122 valence electrons. The molecule has 1 fully saturated rings. The molecule has 24 heavy (non-hydrogen) atoms. The Labute approximate surface area is 140 Å².